The highest BCUT2D eigenvalue weighted by atomic mass is 16.5. The van der Waals surface area contributed by atoms with Gasteiger partial charge >= 0.3 is 0 Å². The van der Waals surface area contributed by atoms with E-state index in [2.05, 4.69) is 32.0 Å². The lowest BCUT2D eigenvalue weighted by Gasteiger charge is -2.32. The number of benzene rings is 1. The van der Waals surface area contributed by atoms with Crippen LogP contribution in [0.1, 0.15) is 31.5 Å². The molecule has 0 bridgehead atoms. The Bertz CT molecular complexity index is 905. The van der Waals surface area contributed by atoms with Crippen molar-refractivity contribution in [2.24, 2.45) is 0 Å². The number of nitrogens with zero attached hydrogens (tertiary/aromatic N) is 7. The Hall–Kier alpha value is -3.23. The van der Waals surface area contributed by atoms with Gasteiger partial charge in [0.1, 0.15) is 17.9 Å². The van der Waals surface area contributed by atoms with Crippen LogP contribution in [0, 0.1) is 0 Å². The van der Waals surface area contributed by atoms with Crippen LogP contribution in [0.4, 0.5) is 0 Å². The monoisotopic (exact) mass is 381 g/mol. The Balaban J connectivity index is 1.33. The molecule has 1 atom stereocenters. The summed E-state index contributed by atoms with van der Waals surface area (Å²) >= 11 is 0. The third kappa shape index (κ3) is 3.88. The van der Waals surface area contributed by atoms with E-state index in [4.69, 9.17) is 4.74 Å². The summed E-state index contributed by atoms with van der Waals surface area (Å²) in [5.41, 5.74) is 0.828. The zero-order chi connectivity index (χ0) is 19.3. The first-order valence-electron chi connectivity index (χ1n) is 9.49. The summed E-state index contributed by atoms with van der Waals surface area (Å²) in [5.74, 6) is 1.99. The summed E-state index contributed by atoms with van der Waals surface area (Å²) < 4.78 is 9.40. The molecule has 1 amide bonds. The van der Waals surface area contributed by atoms with Crippen molar-refractivity contribution in [3.8, 4) is 11.4 Å². The van der Waals surface area contributed by atoms with Gasteiger partial charge in [-0.25, -0.2) is 9.67 Å². The number of carbonyl (C=O) groups is 1. The number of aromatic nitrogens is 6. The van der Waals surface area contributed by atoms with Crippen LogP contribution in [0.3, 0.4) is 0 Å². The van der Waals surface area contributed by atoms with Gasteiger partial charge in [-0.05, 0) is 54.5 Å². The largest absolute Gasteiger partial charge is 0.484 e. The van der Waals surface area contributed by atoms with Gasteiger partial charge in [0.2, 0.25) is 0 Å². The van der Waals surface area contributed by atoms with Crippen molar-refractivity contribution in [2.75, 3.05) is 19.7 Å². The van der Waals surface area contributed by atoms with E-state index in [-0.39, 0.29) is 18.4 Å². The van der Waals surface area contributed by atoms with E-state index in [1.54, 1.807) is 16.8 Å². The highest BCUT2D eigenvalue weighted by molar-refractivity contribution is 5.78. The number of carbonyl (C=O) groups excluding carboxylic acids is 1. The minimum atomic E-state index is 0.00357. The Morgan fingerprint density at radius 3 is 2.89 bits per heavy atom. The molecule has 0 radical (unpaired) electrons. The topological polar surface area (TPSA) is 91.0 Å². The SMILES string of the molecule is CCn1ccnc1C1CCCN(C(=O)COc2ccc(-n3cnnn3)cc2)C1. The second-order valence-electron chi connectivity index (χ2n) is 6.79. The van der Waals surface area contributed by atoms with Crippen molar-refractivity contribution >= 4 is 5.91 Å². The maximum atomic E-state index is 12.6. The minimum Gasteiger partial charge on any atom is -0.484 e. The number of rotatable bonds is 6. The molecule has 0 saturated carbocycles. The van der Waals surface area contributed by atoms with Crippen LogP contribution in [0.25, 0.3) is 5.69 Å². The van der Waals surface area contributed by atoms with Crippen molar-refractivity contribution in [3.63, 3.8) is 0 Å². The van der Waals surface area contributed by atoms with Crippen molar-refractivity contribution in [1.82, 2.24) is 34.7 Å². The maximum Gasteiger partial charge on any atom is 0.260 e. The van der Waals surface area contributed by atoms with Gasteiger partial charge in [0, 0.05) is 37.9 Å². The third-order valence-electron chi connectivity index (χ3n) is 5.04. The van der Waals surface area contributed by atoms with Gasteiger partial charge in [-0.1, -0.05) is 0 Å². The zero-order valence-corrected chi connectivity index (χ0v) is 15.8. The number of hydrogen-bond acceptors (Lipinski definition) is 6. The fraction of sp³-hybridized carbons (Fsp3) is 0.421. The van der Waals surface area contributed by atoms with E-state index < -0.39 is 0 Å². The van der Waals surface area contributed by atoms with E-state index in [0.717, 1.165) is 37.4 Å². The van der Waals surface area contributed by atoms with E-state index in [1.807, 2.05) is 29.4 Å². The van der Waals surface area contributed by atoms with Crippen molar-refractivity contribution in [3.05, 3.63) is 48.8 Å². The number of imidazole rings is 1. The number of amides is 1. The fourth-order valence-corrected chi connectivity index (χ4v) is 3.57. The molecule has 1 saturated heterocycles. The lowest BCUT2D eigenvalue weighted by Crippen LogP contribution is -2.42. The normalized spacial score (nSPS) is 16.9. The minimum absolute atomic E-state index is 0.00357. The summed E-state index contributed by atoms with van der Waals surface area (Å²) in [7, 11) is 0. The molecule has 28 heavy (non-hydrogen) atoms. The molecule has 0 aliphatic carbocycles. The molecule has 2 aromatic heterocycles. The molecule has 3 aromatic rings. The number of likely N-dealkylation sites (tertiary alicyclic amines) is 1. The van der Waals surface area contributed by atoms with Crippen LogP contribution >= 0.6 is 0 Å². The number of aryl methyl sites for hydroxylation is 1. The number of ether oxygens (including phenoxy) is 1. The van der Waals surface area contributed by atoms with Gasteiger partial charge in [0.15, 0.2) is 6.61 Å². The average Bonchev–Trinajstić information content (AvgIpc) is 3.44. The van der Waals surface area contributed by atoms with Gasteiger partial charge in [-0.3, -0.25) is 4.79 Å². The molecule has 1 aliphatic heterocycles. The standard InChI is InChI=1S/C19H23N7O2/c1-2-24-11-9-20-19(24)15-4-3-10-25(12-15)18(27)13-28-17-7-5-16(6-8-17)26-14-21-22-23-26/h5-9,11,14-15H,2-4,10,12-13H2,1H3. The number of hydrogen-bond donors (Lipinski definition) is 0. The molecule has 1 fully saturated rings. The molecule has 0 spiro atoms. The smallest absolute Gasteiger partial charge is 0.260 e. The van der Waals surface area contributed by atoms with Gasteiger partial charge < -0.3 is 14.2 Å². The summed E-state index contributed by atoms with van der Waals surface area (Å²) in [4.78, 5) is 19.0. The molecule has 9 heteroatoms. The van der Waals surface area contributed by atoms with Crippen molar-refractivity contribution in [2.45, 2.75) is 32.2 Å². The van der Waals surface area contributed by atoms with Gasteiger partial charge in [-0.2, -0.15) is 0 Å². The van der Waals surface area contributed by atoms with Gasteiger partial charge in [0.25, 0.3) is 5.91 Å². The Kier molecular flexibility index (Phi) is 5.31. The summed E-state index contributed by atoms with van der Waals surface area (Å²) in [6.07, 6.45) is 7.39. The molecule has 1 aliphatic rings. The molecule has 146 valence electrons. The molecule has 1 unspecified atom stereocenters. The lowest BCUT2D eigenvalue weighted by molar-refractivity contribution is -0.134. The van der Waals surface area contributed by atoms with Crippen molar-refractivity contribution in [1.29, 1.82) is 0 Å². The van der Waals surface area contributed by atoms with Crippen LogP contribution in [0.2, 0.25) is 0 Å². The molecular weight excluding hydrogens is 358 g/mol. The van der Waals surface area contributed by atoms with Crippen LogP contribution < -0.4 is 4.74 Å². The van der Waals surface area contributed by atoms with Crippen LogP contribution in [-0.2, 0) is 11.3 Å². The summed E-state index contributed by atoms with van der Waals surface area (Å²) in [6, 6.07) is 7.30. The first kappa shape index (κ1) is 18.1. The van der Waals surface area contributed by atoms with E-state index in [1.165, 1.54) is 6.33 Å². The lowest BCUT2D eigenvalue weighted by atomic mass is 9.97. The van der Waals surface area contributed by atoms with E-state index in [0.29, 0.717) is 12.3 Å². The van der Waals surface area contributed by atoms with Crippen LogP contribution in [0.5, 0.6) is 5.75 Å². The van der Waals surface area contributed by atoms with Crippen molar-refractivity contribution < 1.29 is 9.53 Å². The summed E-state index contributed by atoms with van der Waals surface area (Å²) in [5, 5.41) is 11.1. The number of tetrazole rings is 1. The fourth-order valence-electron chi connectivity index (χ4n) is 3.57. The first-order valence-corrected chi connectivity index (χ1v) is 9.49. The first-order chi connectivity index (χ1) is 13.7. The summed E-state index contributed by atoms with van der Waals surface area (Å²) in [6.45, 7) is 4.49. The predicted molar refractivity (Wildman–Crippen MR) is 101 cm³/mol. The molecular formula is C19H23N7O2. The number of piperidine rings is 1. The predicted octanol–water partition coefficient (Wildman–Crippen LogP) is 1.66. The highest BCUT2D eigenvalue weighted by Gasteiger charge is 2.27. The molecule has 0 N–H and O–H groups in total. The van der Waals surface area contributed by atoms with E-state index >= 15 is 0 Å². The van der Waals surface area contributed by atoms with Crippen LogP contribution in [0.15, 0.2) is 43.0 Å². The maximum absolute atomic E-state index is 12.6. The van der Waals surface area contributed by atoms with Gasteiger partial charge in [-0.15, -0.1) is 5.10 Å². The average molecular weight is 381 g/mol. The Labute approximate surface area is 162 Å². The quantitative estimate of drug-likeness (QED) is 0.645. The molecule has 1 aromatic carbocycles. The third-order valence-corrected chi connectivity index (χ3v) is 5.04. The molecule has 4 rings (SSSR count). The van der Waals surface area contributed by atoms with E-state index in [9.17, 15) is 4.79 Å². The molecule has 3 heterocycles. The second-order valence-corrected chi connectivity index (χ2v) is 6.79. The Morgan fingerprint density at radius 2 is 2.14 bits per heavy atom. The highest BCUT2D eigenvalue weighted by Crippen LogP contribution is 2.26. The molecule has 9 nitrogen and oxygen atoms in total. The zero-order valence-electron chi connectivity index (χ0n) is 15.8. The second kappa shape index (κ2) is 8.20. The van der Waals surface area contributed by atoms with Crippen LogP contribution in [-0.4, -0.2) is 60.3 Å². The Morgan fingerprint density at radius 1 is 1.29 bits per heavy atom. The van der Waals surface area contributed by atoms with Gasteiger partial charge in [0.05, 0.1) is 5.69 Å².